The molecule has 0 aliphatic carbocycles. The number of sulfonamides is 1. The van der Waals surface area contributed by atoms with Crippen LogP contribution in [-0.2, 0) is 20.9 Å². The molecule has 1 amide bonds. The summed E-state index contributed by atoms with van der Waals surface area (Å²) in [6.07, 6.45) is -4.59. The molecule has 3 rings (SSSR count). The number of carbonyl (C=O) groups is 1. The summed E-state index contributed by atoms with van der Waals surface area (Å²) >= 11 is 0. The van der Waals surface area contributed by atoms with Crippen LogP contribution in [0.1, 0.15) is 15.9 Å². The lowest BCUT2D eigenvalue weighted by molar-refractivity contribution is -0.137. The predicted molar refractivity (Wildman–Crippen MR) is 102 cm³/mol. The van der Waals surface area contributed by atoms with Crippen molar-refractivity contribution in [3.63, 3.8) is 0 Å². The summed E-state index contributed by atoms with van der Waals surface area (Å²) < 4.78 is 76.2. The topological polar surface area (TPSA) is 84.9 Å². The summed E-state index contributed by atoms with van der Waals surface area (Å²) in [5.41, 5.74) is -1.07. The Morgan fingerprint density at radius 3 is 2.47 bits per heavy atom. The largest absolute Gasteiger partial charge is 0.495 e. The minimum absolute atomic E-state index is 0.0820. The van der Waals surface area contributed by atoms with E-state index in [1.165, 1.54) is 35.7 Å². The second-order valence-corrected chi connectivity index (χ2v) is 8.32. The zero-order valence-electron chi connectivity index (χ0n) is 15.9. The number of rotatable bonds is 5. The molecular formula is C19H19F3N2O5S. The average molecular weight is 444 g/mol. The van der Waals surface area contributed by atoms with Crippen molar-refractivity contribution < 1.29 is 35.9 Å². The van der Waals surface area contributed by atoms with Crippen LogP contribution >= 0.6 is 0 Å². The first kappa shape index (κ1) is 22.1. The van der Waals surface area contributed by atoms with E-state index < -0.39 is 27.7 Å². The van der Waals surface area contributed by atoms with Crippen LogP contribution in [0.4, 0.5) is 18.9 Å². The van der Waals surface area contributed by atoms with Crippen LogP contribution in [0.5, 0.6) is 5.75 Å². The fourth-order valence-corrected chi connectivity index (χ4v) is 4.51. The number of amides is 1. The highest BCUT2D eigenvalue weighted by Gasteiger charge is 2.31. The molecule has 0 unspecified atom stereocenters. The first-order chi connectivity index (χ1) is 14.1. The molecule has 1 aliphatic rings. The van der Waals surface area contributed by atoms with Crippen molar-refractivity contribution in [3.8, 4) is 5.75 Å². The van der Waals surface area contributed by atoms with E-state index in [2.05, 4.69) is 5.32 Å². The Morgan fingerprint density at radius 1 is 1.13 bits per heavy atom. The van der Waals surface area contributed by atoms with Gasteiger partial charge in [0.1, 0.15) is 10.6 Å². The van der Waals surface area contributed by atoms with E-state index in [-0.39, 0.29) is 48.2 Å². The van der Waals surface area contributed by atoms with Gasteiger partial charge in [0.2, 0.25) is 10.0 Å². The van der Waals surface area contributed by atoms with Crippen LogP contribution in [0.2, 0.25) is 0 Å². The first-order valence-corrected chi connectivity index (χ1v) is 10.3. The van der Waals surface area contributed by atoms with Crippen molar-refractivity contribution in [1.82, 2.24) is 4.31 Å². The number of halogens is 3. The van der Waals surface area contributed by atoms with Gasteiger partial charge in [0, 0.05) is 24.3 Å². The lowest BCUT2D eigenvalue weighted by atomic mass is 10.1. The fourth-order valence-electron chi connectivity index (χ4n) is 2.92. The minimum atomic E-state index is -4.59. The molecule has 0 radical (unpaired) electrons. The SMILES string of the molecule is COc1ccc(NC(=O)c2cccc(C(F)(F)F)c2)cc1S(=O)(=O)N1CCOCC1. The Balaban J connectivity index is 1.89. The molecule has 0 spiro atoms. The standard InChI is InChI=1S/C19H19F3N2O5S/c1-28-16-6-5-15(12-17(16)30(26,27)24-7-9-29-10-8-24)23-18(25)13-3-2-4-14(11-13)19(20,21)22/h2-6,11-12H,7-10H2,1H3,(H,23,25). The zero-order valence-corrected chi connectivity index (χ0v) is 16.7. The van der Waals surface area contributed by atoms with Crippen LogP contribution in [0, 0.1) is 0 Å². The summed E-state index contributed by atoms with van der Waals surface area (Å²) in [5, 5.41) is 2.43. The Morgan fingerprint density at radius 2 is 1.83 bits per heavy atom. The number of alkyl halides is 3. The summed E-state index contributed by atoms with van der Waals surface area (Å²) in [6, 6.07) is 7.94. The van der Waals surface area contributed by atoms with Crippen molar-refractivity contribution in [2.24, 2.45) is 0 Å². The van der Waals surface area contributed by atoms with Gasteiger partial charge in [-0.15, -0.1) is 0 Å². The number of nitrogens with zero attached hydrogens (tertiary/aromatic N) is 1. The Kier molecular flexibility index (Phi) is 6.34. The molecule has 1 heterocycles. The van der Waals surface area contributed by atoms with Crippen LogP contribution in [0.15, 0.2) is 47.4 Å². The maximum absolute atomic E-state index is 13.0. The van der Waals surface area contributed by atoms with Crippen LogP contribution in [0.3, 0.4) is 0 Å². The minimum Gasteiger partial charge on any atom is -0.495 e. The van der Waals surface area contributed by atoms with E-state index in [4.69, 9.17) is 9.47 Å². The van der Waals surface area contributed by atoms with Gasteiger partial charge in [0.25, 0.3) is 5.91 Å². The van der Waals surface area contributed by atoms with E-state index in [1.807, 2.05) is 0 Å². The summed E-state index contributed by atoms with van der Waals surface area (Å²) in [7, 11) is -2.61. The van der Waals surface area contributed by atoms with Crippen LogP contribution in [0.25, 0.3) is 0 Å². The van der Waals surface area contributed by atoms with Gasteiger partial charge in [0.05, 0.1) is 25.9 Å². The fraction of sp³-hybridized carbons (Fsp3) is 0.316. The maximum Gasteiger partial charge on any atom is 0.416 e. The third-order valence-corrected chi connectivity index (χ3v) is 6.38. The highest BCUT2D eigenvalue weighted by Crippen LogP contribution is 2.31. The number of carbonyl (C=O) groups excluding carboxylic acids is 1. The molecule has 1 saturated heterocycles. The van der Waals surface area contributed by atoms with Gasteiger partial charge in [-0.05, 0) is 36.4 Å². The van der Waals surface area contributed by atoms with Gasteiger partial charge in [-0.3, -0.25) is 4.79 Å². The number of nitrogens with one attached hydrogen (secondary N) is 1. The molecule has 162 valence electrons. The lowest BCUT2D eigenvalue weighted by Gasteiger charge is -2.26. The summed E-state index contributed by atoms with van der Waals surface area (Å²) in [5.74, 6) is -0.723. The van der Waals surface area contributed by atoms with Gasteiger partial charge in [0.15, 0.2) is 0 Å². The van der Waals surface area contributed by atoms with E-state index >= 15 is 0 Å². The Bertz CT molecular complexity index is 1030. The Labute approximate surface area is 171 Å². The number of anilines is 1. The molecule has 1 N–H and O–H groups in total. The number of benzene rings is 2. The highest BCUT2D eigenvalue weighted by atomic mass is 32.2. The van der Waals surface area contributed by atoms with E-state index in [0.29, 0.717) is 0 Å². The first-order valence-electron chi connectivity index (χ1n) is 8.87. The summed E-state index contributed by atoms with van der Waals surface area (Å²) in [6.45, 7) is 0.861. The van der Waals surface area contributed by atoms with Crippen LogP contribution < -0.4 is 10.1 Å². The number of hydrogen-bond acceptors (Lipinski definition) is 5. The number of methoxy groups -OCH3 is 1. The molecule has 1 aliphatic heterocycles. The monoisotopic (exact) mass is 444 g/mol. The van der Waals surface area contributed by atoms with Gasteiger partial charge < -0.3 is 14.8 Å². The number of hydrogen-bond donors (Lipinski definition) is 1. The van der Waals surface area contributed by atoms with Gasteiger partial charge in [-0.25, -0.2) is 8.42 Å². The summed E-state index contributed by atoms with van der Waals surface area (Å²) in [4.78, 5) is 12.3. The number of morpholine rings is 1. The van der Waals surface area contributed by atoms with E-state index in [1.54, 1.807) is 0 Å². The highest BCUT2D eigenvalue weighted by molar-refractivity contribution is 7.89. The number of ether oxygens (including phenoxy) is 2. The molecular weight excluding hydrogens is 425 g/mol. The normalized spacial score (nSPS) is 15.6. The van der Waals surface area contributed by atoms with Crippen molar-refractivity contribution in [2.75, 3.05) is 38.7 Å². The molecule has 30 heavy (non-hydrogen) atoms. The molecule has 7 nitrogen and oxygen atoms in total. The van der Waals surface area contributed by atoms with Crippen molar-refractivity contribution >= 4 is 21.6 Å². The average Bonchev–Trinajstić information content (AvgIpc) is 2.73. The zero-order chi connectivity index (χ0) is 21.9. The molecule has 2 aromatic carbocycles. The molecule has 0 saturated carbocycles. The maximum atomic E-state index is 13.0. The van der Waals surface area contributed by atoms with Crippen molar-refractivity contribution in [3.05, 3.63) is 53.6 Å². The quantitative estimate of drug-likeness (QED) is 0.767. The molecule has 0 aromatic heterocycles. The van der Waals surface area contributed by atoms with Gasteiger partial charge in [-0.1, -0.05) is 6.07 Å². The van der Waals surface area contributed by atoms with Crippen molar-refractivity contribution in [2.45, 2.75) is 11.1 Å². The third kappa shape index (κ3) is 4.74. The second-order valence-electron chi connectivity index (χ2n) is 6.41. The third-order valence-electron chi connectivity index (χ3n) is 4.46. The molecule has 2 aromatic rings. The van der Waals surface area contributed by atoms with E-state index in [9.17, 15) is 26.4 Å². The predicted octanol–water partition coefficient (Wildman–Crippen LogP) is 2.99. The lowest BCUT2D eigenvalue weighted by Crippen LogP contribution is -2.40. The smallest absolute Gasteiger partial charge is 0.416 e. The second kappa shape index (κ2) is 8.62. The molecule has 1 fully saturated rings. The van der Waals surface area contributed by atoms with Gasteiger partial charge in [-0.2, -0.15) is 17.5 Å². The van der Waals surface area contributed by atoms with Crippen LogP contribution in [-0.4, -0.2) is 52.0 Å². The van der Waals surface area contributed by atoms with E-state index in [0.717, 1.165) is 18.2 Å². The molecule has 0 bridgehead atoms. The van der Waals surface area contributed by atoms with Crippen molar-refractivity contribution in [1.29, 1.82) is 0 Å². The Hall–Kier alpha value is -2.63. The molecule has 11 heteroatoms. The molecule has 0 atom stereocenters. The van der Waals surface area contributed by atoms with Gasteiger partial charge >= 0.3 is 6.18 Å².